The van der Waals surface area contributed by atoms with Crippen LogP contribution in [0.3, 0.4) is 0 Å². The minimum absolute atomic E-state index is 0.0437. The smallest absolute Gasteiger partial charge is 0.214 e. The monoisotopic (exact) mass is 452 g/mol. The van der Waals surface area contributed by atoms with Crippen molar-refractivity contribution in [3.05, 3.63) is 35.5 Å². The number of hydrogen-bond donors (Lipinski definition) is 2. The lowest BCUT2D eigenvalue weighted by molar-refractivity contribution is 0.472. The third-order valence-electron chi connectivity index (χ3n) is 5.12. The lowest BCUT2D eigenvalue weighted by Gasteiger charge is -2.17. The highest BCUT2D eigenvalue weighted by molar-refractivity contribution is 7.89. The van der Waals surface area contributed by atoms with Crippen LogP contribution in [0.4, 0.5) is 10.2 Å². The van der Waals surface area contributed by atoms with E-state index in [1.807, 2.05) is 6.92 Å². The Balaban J connectivity index is 1.54. The number of nitrogens with zero attached hydrogens (tertiary/aromatic N) is 4. The van der Waals surface area contributed by atoms with Crippen molar-refractivity contribution in [2.24, 2.45) is 0 Å². The number of sulfonamides is 1. The number of pyridine rings is 1. The Hall–Kier alpha value is -2.30. The molecule has 0 bridgehead atoms. The fraction of sp³-hybridized carbons (Fsp3) is 0.421. The molecule has 1 saturated heterocycles. The summed E-state index contributed by atoms with van der Waals surface area (Å²) in [6.07, 6.45) is 6.36. The summed E-state index contributed by atoms with van der Waals surface area (Å²) in [6.45, 7) is 2.66. The first-order valence-electron chi connectivity index (χ1n) is 9.77. The molecular weight excluding hydrogens is 431 g/mol. The summed E-state index contributed by atoms with van der Waals surface area (Å²) in [7, 11) is -3.29. The zero-order valence-corrected chi connectivity index (χ0v) is 18.0. The van der Waals surface area contributed by atoms with Crippen LogP contribution in [0.25, 0.3) is 22.4 Å². The first-order chi connectivity index (χ1) is 14.4. The molecular formula is C19H22ClFN6O2S. The van der Waals surface area contributed by atoms with Gasteiger partial charge in [0.2, 0.25) is 10.0 Å². The lowest BCUT2D eigenvalue weighted by Crippen LogP contribution is -2.33. The van der Waals surface area contributed by atoms with Gasteiger partial charge in [-0.2, -0.15) is 4.31 Å². The molecule has 0 amide bonds. The van der Waals surface area contributed by atoms with E-state index in [9.17, 15) is 12.8 Å². The van der Waals surface area contributed by atoms with Crippen molar-refractivity contribution in [2.45, 2.75) is 32.2 Å². The predicted octanol–water partition coefficient (Wildman–Crippen LogP) is 3.43. The number of fused-ring (bicyclic) bond motifs is 1. The summed E-state index contributed by atoms with van der Waals surface area (Å²) >= 11 is 6.04. The summed E-state index contributed by atoms with van der Waals surface area (Å²) in [5.41, 5.74) is 1.28. The van der Waals surface area contributed by atoms with E-state index in [1.165, 1.54) is 10.5 Å². The van der Waals surface area contributed by atoms with Gasteiger partial charge in [-0.1, -0.05) is 24.9 Å². The van der Waals surface area contributed by atoms with Gasteiger partial charge >= 0.3 is 0 Å². The van der Waals surface area contributed by atoms with E-state index in [2.05, 4.69) is 25.3 Å². The van der Waals surface area contributed by atoms with E-state index >= 15 is 0 Å². The molecule has 30 heavy (non-hydrogen) atoms. The van der Waals surface area contributed by atoms with Crippen molar-refractivity contribution < 1.29 is 12.8 Å². The van der Waals surface area contributed by atoms with Gasteiger partial charge < -0.3 is 10.3 Å². The molecule has 1 aliphatic heterocycles. The van der Waals surface area contributed by atoms with Gasteiger partial charge in [-0.3, -0.25) is 0 Å². The minimum atomic E-state index is -3.29. The van der Waals surface area contributed by atoms with Gasteiger partial charge in [-0.05, 0) is 18.9 Å². The molecule has 0 saturated carbocycles. The van der Waals surface area contributed by atoms with E-state index in [0.717, 1.165) is 18.0 Å². The first-order valence-corrected chi connectivity index (χ1v) is 11.8. The highest BCUT2D eigenvalue weighted by Crippen LogP contribution is 2.28. The third-order valence-corrected chi connectivity index (χ3v) is 7.25. The van der Waals surface area contributed by atoms with Gasteiger partial charge in [0.05, 0.1) is 17.0 Å². The lowest BCUT2D eigenvalue weighted by atomic mass is 10.2. The Kier molecular flexibility index (Phi) is 5.90. The van der Waals surface area contributed by atoms with Crippen molar-refractivity contribution in [2.75, 3.05) is 24.2 Å². The standard InChI is InChI=1S/C19H22ClFN6O2S/c1-2-3-6-30(28,29)27-5-4-13(11-27)25-19-16(21)10-24-18(26-19)15-9-23-17-14(15)7-12(20)8-22-17/h7-10,13H,2-6,11H2,1H3,(H,22,23)(H,24,25,26). The number of aromatic amines is 1. The molecule has 1 aliphatic rings. The van der Waals surface area contributed by atoms with Crippen molar-refractivity contribution in [1.29, 1.82) is 0 Å². The maximum Gasteiger partial charge on any atom is 0.214 e. The highest BCUT2D eigenvalue weighted by atomic mass is 35.5. The molecule has 1 unspecified atom stereocenters. The van der Waals surface area contributed by atoms with E-state index in [-0.39, 0.29) is 24.2 Å². The number of anilines is 1. The molecule has 3 aromatic heterocycles. The zero-order valence-electron chi connectivity index (χ0n) is 16.4. The van der Waals surface area contributed by atoms with E-state index < -0.39 is 15.8 Å². The average molecular weight is 453 g/mol. The van der Waals surface area contributed by atoms with Gasteiger partial charge in [-0.25, -0.2) is 27.8 Å². The number of nitrogens with one attached hydrogen (secondary N) is 2. The third kappa shape index (κ3) is 4.26. The molecule has 2 N–H and O–H groups in total. The number of rotatable bonds is 7. The topological polar surface area (TPSA) is 104 Å². The molecule has 160 valence electrons. The van der Waals surface area contributed by atoms with Crippen LogP contribution in [0.1, 0.15) is 26.2 Å². The van der Waals surface area contributed by atoms with Crippen LogP contribution in [0.2, 0.25) is 5.02 Å². The van der Waals surface area contributed by atoms with Crippen molar-refractivity contribution >= 4 is 38.5 Å². The van der Waals surface area contributed by atoms with E-state index in [0.29, 0.717) is 41.4 Å². The van der Waals surface area contributed by atoms with Gasteiger partial charge in [-0.15, -0.1) is 0 Å². The Bertz CT molecular complexity index is 1170. The molecule has 0 spiro atoms. The van der Waals surface area contributed by atoms with Gasteiger partial charge in [0, 0.05) is 42.5 Å². The Morgan fingerprint density at radius 1 is 1.37 bits per heavy atom. The fourth-order valence-corrected chi connectivity index (χ4v) is 5.37. The SMILES string of the molecule is CCCCS(=O)(=O)N1CCC(Nc2nc(-c3c[nH]c4ncc(Cl)cc34)ncc2F)C1. The number of unbranched alkanes of at least 4 members (excludes halogenated alkanes) is 1. The molecule has 8 nitrogen and oxygen atoms in total. The molecule has 11 heteroatoms. The molecule has 0 radical (unpaired) electrons. The summed E-state index contributed by atoms with van der Waals surface area (Å²) in [5, 5.41) is 4.25. The van der Waals surface area contributed by atoms with Crippen LogP contribution in [-0.2, 0) is 10.0 Å². The summed E-state index contributed by atoms with van der Waals surface area (Å²) in [6, 6.07) is 1.52. The Labute approximate surface area is 178 Å². The number of H-pyrrole nitrogens is 1. The van der Waals surface area contributed by atoms with Crippen LogP contribution in [0.5, 0.6) is 0 Å². The van der Waals surface area contributed by atoms with Crippen molar-refractivity contribution in [3.63, 3.8) is 0 Å². The average Bonchev–Trinajstić information content (AvgIpc) is 3.35. The second kappa shape index (κ2) is 8.44. The van der Waals surface area contributed by atoms with Crippen LogP contribution in [0, 0.1) is 5.82 Å². The number of hydrogen-bond acceptors (Lipinski definition) is 6. The maximum absolute atomic E-state index is 14.4. The van der Waals surface area contributed by atoms with Gasteiger partial charge in [0.25, 0.3) is 0 Å². The van der Waals surface area contributed by atoms with Crippen molar-refractivity contribution in [1.82, 2.24) is 24.2 Å². The molecule has 1 fully saturated rings. The fourth-order valence-electron chi connectivity index (χ4n) is 3.51. The summed E-state index contributed by atoms with van der Waals surface area (Å²) in [4.78, 5) is 15.7. The van der Waals surface area contributed by atoms with Gasteiger partial charge in [0.15, 0.2) is 17.5 Å². The van der Waals surface area contributed by atoms with Crippen LogP contribution in [-0.4, -0.2) is 57.5 Å². The Morgan fingerprint density at radius 2 is 2.20 bits per heavy atom. The summed E-state index contributed by atoms with van der Waals surface area (Å²) in [5.74, 6) is -0.0943. The molecule has 3 aromatic rings. The van der Waals surface area contributed by atoms with Crippen molar-refractivity contribution in [3.8, 4) is 11.4 Å². The normalized spacial score (nSPS) is 17.6. The largest absolute Gasteiger partial charge is 0.363 e. The Morgan fingerprint density at radius 3 is 3.00 bits per heavy atom. The molecule has 0 aliphatic carbocycles. The maximum atomic E-state index is 14.4. The number of halogens is 2. The first kappa shape index (κ1) is 21.0. The number of aromatic nitrogens is 4. The quantitative estimate of drug-likeness (QED) is 0.569. The zero-order chi connectivity index (χ0) is 21.3. The van der Waals surface area contributed by atoms with E-state index in [1.54, 1.807) is 12.3 Å². The molecule has 4 heterocycles. The molecule has 4 rings (SSSR count). The summed E-state index contributed by atoms with van der Waals surface area (Å²) < 4.78 is 40.6. The minimum Gasteiger partial charge on any atom is -0.363 e. The van der Waals surface area contributed by atoms with Crippen LogP contribution >= 0.6 is 11.6 Å². The second-order valence-corrected chi connectivity index (χ2v) is 9.82. The van der Waals surface area contributed by atoms with E-state index in [4.69, 9.17) is 11.6 Å². The second-order valence-electron chi connectivity index (χ2n) is 7.30. The highest BCUT2D eigenvalue weighted by Gasteiger charge is 2.31. The van der Waals surface area contributed by atoms with Gasteiger partial charge in [0.1, 0.15) is 5.65 Å². The molecule has 0 aromatic carbocycles. The molecule has 1 atom stereocenters. The predicted molar refractivity (Wildman–Crippen MR) is 114 cm³/mol. The van der Waals surface area contributed by atoms with Crippen LogP contribution in [0.15, 0.2) is 24.7 Å². The van der Waals surface area contributed by atoms with Crippen LogP contribution < -0.4 is 5.32 Å².